The first-order valence-electron chi connectivity index (χ1n) is 5.61. The van der Waals surface area contributed by atoms with Gasteiger partial charge in [0.25, 0.3) is 0 Å². The van der Waals surface area contributed by atoms with Crippen molar-refractivity contribution in [3.05, 3.63) is 59.2 Å². The fourth-order valence-electron chi connectivity index (χ4n) is 1.57. The van der Waals surface area contributed by atoms with Crippen LogP contribution in [0.3, 0.4) is 0 Å². The van der Waals surface area contributed by atoms with Crippen LogP contribution in [-0.2, 0) is 13.1 Å². The molecule has 0 amide bonds. The van der Waals surface area contributed by atoms with Gasteiger partial charge in [-0.1, -0.05) is 12.1 Å². The van der Waals surface area contributed by atoms with Gasteiger partial charge in [0.05, 0.1) is 11.4 Å². The number of nitrogens with zero attached hydrogens (tertiary/aromatic N) is 2. The summed E-state index contributed by atoms with van der Waals surface area (Å²) in [6.07, 6.45) is 0. The topological polar surface area (TPSA) is 94.9 Å². The van der Waals surface area contributed by atoms with Crippen LogP contribution in [0, 0.1) is 0 Å². The Kier molecular flexibility index (Phi) is 3.76. The van der Waals surface area contributed by atoms with Crippen molar-refractivity contribution in [2.24, 2.45) is 11.5 Å². The van der Waals surface area contributed by atoms with Gasteiger partial charge in [-0.2, -0.15) is 0 Å². The molecule has 0 atom stereocenters. The molecule has 0 aliphatic heterocycles. The highest BCUT2D eigenvalue weighted by Crippen LogP contribution is 2.07. The monoisotopic (exact) mass is 242 g/mol. The number of pyridine rings is 2. The van der Waals surface area contributed by atoms with Gasteiger partial charge in [0.2, 0.25) is 5.78 Å². The van der Waals surface area contributed by atoms with Crippen molar-refractivity contribution in [1.29, 1.82) is 0 Å². The third-order valence-corrected chi connectivity index (χ3v) is 2.50. The molecule has 0 bridgehead atoms. The standard InChI is InChI=1S/C13H14N4O/c14-7-9-3-1-5-11(16-9)13(18)12-6-2-4-10(8-15)17-12/h1-6H,7-8,14-15H2. The quantitative estimate of drug-likeness (QED) is 0.766. The molecule has 0 radical (unpaired) electrons. The lowest BCUT2D eigenvalue weighted by molar-refractivity contribution is 0.102. The summed E-state index contributed by atoms with van der Waals surface area (Å²) in [6, 6.07) is 10.4. The molecular formula is C13H14N4O. The van der Waals surface area contributed by atoms with Crippen LogP contribution in [0.4, 0.5) is 0 Å². The zero-order valence-corrected chi connectivity index (χ0v) is 9.84. The molecule has 0 saturated carbocycles. The minimum Gasteiger partial charge on any atom is -0.325 e. The Bertz CT molecular complexity index is 519. The summed E-state index contributed by atoms with van der Waals surface area (Å²) in [5.74, 6) is -0.222. The first kappa shape index (κ1) is 12.3. The Balaban J connectivity index is 2.34. The van der Waals surface area contributed by atoms with Crippen LogP contribution in [0.25, 0.3) is 0 Å². The van der Waals surface area contributed by atoms with Crippen LogP contribution in [0.1, 0.15) is 27.6 Å². The van der Waals surface area contributed by atoms with Gasteiger partial charge in [0.15, 0.2) is 0 Å². The highest BCUT2D eigenvalue weighted by Gasteiger charge is 2.12. The molecule has 0 saturated heterocycles. The van der Waals surface area contributed by atoms with Crippen molar-refractivity contribution in [3.63, 3.8) is 0 Å². The maximum absolute atomic E-state index is 12.2. The molecular weight excluding hydrogens is 228 g/mol. The fourth-order valence-corrected chi connectivity index (χ4v) is 1.57. The van der Waals surface area contributed by atoms with E-state index in [1.807, 2.05) is 0 Å². The molecule has 0 spiro atoms. The van der Waals surface area contributed by atoms with Gasteiger partial charge in [0.1, 0.15) is 11.4 Å². The van der Waals surface area contributed by atoms with E-state index in [0.717, 1.165) is 0 Å². The SMILES string of the molecule is NCc1cccc(C(=O)c2cccc(CN)n2)n1. The number of rotatable bonds is 4. The van der Waals surface area contributed by atoms with E-state index in [2.05, 4.69) is 9.97 Å². The van der Waals surface area contributed by atoms with Crippen LogP contribution in [0.2, 0.25) is 0 Å². The van der Waals surface area contributed by atoms with E-state index < -0.39 is 0 Å². The third kappa shape index (κ3) is 2.58. The van der Waals surface area contributed by atoms with Crippen molar-refractivity contribution in [2.75, 3.05) is 0 Å². The highest BCUT2D eigenvalue weighted by atomic mass is 16.1. The largest absolute Gasteiger partial charge is 0.325 e. The average molecular weight is 242 g/mol. The molecule has 2 rings (SSSR count). The fraction of sp³-hybridized carbons (Fsp3) is 0.154. The molecule has 0 aliphatic rings. The van der Waals surface area contributed by atoms with Crippen LogP contribution in [-0.4, -0.2) is 15.8 Å². The van der Waals surface area contributed by atoms with Crippen LogP contribution >= 0.6 is 0 Å². The second-order valence-electron chi connectivity index (χ2n) is 3.77. The molecule has 0 aromatic carbocycles. The predicted molar refractivity (Wildman–Crippen MR) is 67.7 cm³/mol. The number of hydrogen-bond acceptors (Lipinski definition) is 5. The lowest BCUT2D eigenvalue weighted by atomic mass is 10.1. The Morgan fingerprint density at radius 3 is 1.72 bits per heavy atom. The van der Waals surface area contributed by atoms with E-state index >= 15 is 0 Å². The number of hydrogen-bond donors (Lipinski definition) is 2. The van der Waals surface area contributed by atoms with E-state index in [0.29, 0.717) is 35.9 Å². The maximum Gasteiger partial charge on any atom is 0.229 e. The minimum absolute atomic E-state index is 0.222. The number of ketones is 1. The van der Waals surface area contributed by atoms with Crippen molar-refractivity contribution in [3.8, 4) is 0 Å². The normalized spacial score (nSPS) is 10.3. The molecule has 18 heavy (non-hydrogen) atoms. The Morgan fingerprint density at radius 2 is 1.33 bits per heavy atom. The van der Waals surface area contributed by atoms with Crippen molar-refractivity contribution in [1.82, 2.24) is 9.97 Å². The van der Waals surface area contributed by atoms with Gasteiger partial charge in [-0.05, 0) is 24.3 Å². The number of carbonyl (C=O) groups excluding carboxylic acids is 1. The van der Waals surface area contributed by atoms with E-state index in [9.17, 15) is 4.79 Å². The zero-order valence-electron chi connectivity index (χ0n) is 9.84. The Hall–Kier alpha value is -2.11. The van der Waals surface area contributed by atoms with E-state index in [1.54, 1.807) is 36.4 Å². The molecule has 2 aromatic heterocycles. The number of aromatic nitrogens is 2. The van der Waals surface area contributed by atoms with Crippen LogP contribution in [0.5, 0.6) is 0 Å². The van der Waals surface area contributed by atoms with Crippen molar-refractivity contribution >= 4 is 5.78 Å². The summed E-state index contributed by atoms with van der Waals surface area (Å²) in [5.41, 5.74) is 13.0. The van der Waals surface area contributed by atoms with Gasteiger partial charge < -0.3 is 11.5 Å². The lowest BCUT2D eigenvalue weighted by Crippen LogP contribution is -2.11. The molecule has 0 unspecified atom stereocenters. The maximum atomic E-state index is 12.2. The molecule has 0 aliphatic carbocycles. The summed E-state index contributed by atoms with van der Waals surface area (Å²) in [4.78, 5) is 20.5. The molecule has 5 heteroatoms. The second kappa shape index (κ2) is 5.48. The van der Waals surface area contributed by atoms with Gasteiger partial charge >= 0.3 is 0 Å². The van der Waals surface area contributed by atoms with Gasteiger partial charge in [-0.3, -0.25) is 4.79 Å². The molecule has 0 fully saturated rings. The third-order valence-electron chi connectivity index (χ3n) is 2.50. The smallest absolute Gasteiger partial charge is 0.229 e. The van der Waals surface area contributed by atoms with Gasteiger partial charge in [-0.15, -0.1) is 0 Å². The Labute approximate surface area is 105 Å². The Morgan fingerprint density at radius 1 is 0.889 bits per heavy atom. The van der Waals surface area contributed by atoms with Crippen LogP contribution in [0.15, 0.2) is 36.4 Å². The summed E-state index contributed by atoms with van der Waals surface area (Å²) in [6.45, 7) is 0.606. The van der Waals surface area contributed by atoms with Crippen LogP contribution < -0.4 is 11.5 Å². The predicted octanol–water partition coefficient (Wildman–Crippen LogP) is 0.625. The first-order valence-corrected chi connectivity index (χ1v) is 5.61. The summed E-state index contributed by atoms with van der Waals surface area (Å²) in [7, 11) is 0. The summed E-state index contributed by atoms with van der Waals surface area (Å²) < 4.78 is 0. The molecule has 2 heterocycles. The second-order valence-corrected chi connectivity index (χ2v) is 3.77. The molecule has 2 aromatic rings. The van der Waals surface area contributed by atoms with Crippen molar-refractivity contribution in [2.45, 2.75) is 13.1 Å². The van der Waals surface area contributed by atoms with Crippen molar-refractivity contribution < 1.29 is 4.79 Å². The lowest BCUT2D eigenvalue weighted by Gasteiger charge is -2.03. The molecule has 92 valence electrons. The zero-order chi connectivity index (χ0) is 13.0. The van der Waals surface area contributed by atoms with E-state index in [1.165, 1.54) is 0 Å². The number of nitrogens with two attached hydrogens (primary N) is 2. The van der Waals surface area contributed by atoms with E-state index in [-0.39, 0.29) is 5.78 Å². The summed E-state index contributed by atoms with van der Waals surface area (Å²) in [5, 5.41) is 0. The van der Waals surface area contributed by atoms with Gasteiger partial charge in [-0.25, -0.2) is 9.97 Å². The van der Waals surface area contributed by atoms with E-state index in [4.69, 9.17) is 11.5 Å². The molecule has 4 N–H and O–H groups in total. The molecule has 5 nitrogen and oxygen atoms in total. The summed E-state index contributed by atoms with van der Waals surface area (Å²) >= 11 is 0. The number of carbonyl (C=O) groups is 1. The highest BCUT2D eigenvalue weighted by molar-refractivity contribution is 6.06. The first-order chi connectivity index (χ1) is 8.74. The van der Waals surface area contributed by atoms with Gasteiger partial charge in [0, 0.05) is 13.1 Å². The average Bonchev–Trinajstić information content (AvgIpc) is 2.46. The minimum atomic E-state index is -0.222.